The molecule has 0 spiro atoms. The van der Waals surface area contributed by atoms with Gasteiger partial charge in [-0.1, -0.05) is 71.6 Å². The Balaban J connectivity index is 0.000000227. The molecular formula is C67H78IN5O23. The number of nitrogens with zero attached hydrogens (tertiary/aromatic N) is 4. The largest absolute Gasteiger partial charge is 0.480 e. The number of carbonyl (C=O) groups excluding carboxylic acids is 1. The average Bonchev–Trinajstić information content (AvgIpc) is 1.61. The number of hydrogen-bond donors (Lipinski definition) is 18. The molecule has 5 aliphatic rings. The molecule has 4 aromatic carbocycles. The summed E-state index contributed by atoms with van der Waals surface area (Å²) in [6.45, 7) is 2.27. The molecule has 0 bridgehead atoms. The van der Waals surface area contributed by atoms with Gasteiger partial charge in [-0.3, -0.25) is 14.5 Å². The number of aliphatic hydroxyl groups excluding tert-OH is 16. The van der Waals surface area contributed by atoms with E-state index in [-0.39, 0.29) is 36.4 Å². The van der Waals surface area contributed by atoms with Crippen molar-refractivity contribution >= 4 is 79.5 Å². The molecule has 0 unspecified atom stereocenters. The van der Waals surface area contributed by atoms with Crippen molar-refractivity contribution in [1.29, 1.82) is 0 Å². The molecule has 5 saturated heterocycles. The van der Waals surface area contributed by atoms with Gasteiger partial charge in [0.15, 0.2) is 0 Å². The lowest BCUT2D eigenvalue weighted by atomic mass is 9.95. The molecule has 11 rings (SSSR count). The summed E-state index contributed by atoms with van der Waals surface area (Å²) in [5, 5.41) is 176. The predicted octanol–water partition coefficient (Wildman–Crippen LogP) is -5.57. The maximum absolute atomic E-state index is 13.4. The number of ether oxygens (including phenoxy) is 4. The number of rotatable bonds is 11. The molecule has 5 fully saturated rings. The second-order valence-corrected chi connectivity index (χ2v) is 24.1. The Kier molecular flexibility index (Phi) is 24.9. The second kappa shape index (κ2) is 32.5. The zero-order valence-electron chi connectivity index (χ0n) is 51.7. The van der Waals surface area contributed by atoms with Crippen molar-refractivity contribution in [3.63, 3.8) is 0 Å². The van der Waals surface area contributed by atoms with Crippen LogP contribution in [0.5, 0.6) is 0 Å². The zero-order chi connectivity index (χ0) is 68.1. The summed E-state index contributed by atoms with van der Waals surface area (Å²) < 4.78 is 25.3. The monoisotopic (exact) mass is 1450 g/mol. The van der Waals surface area contributed by atoms with Crippen molar-refractivity contribution in [2.75, 3.05) is 72.7 Å². The fourth-order valence-electron chi connectivity index (χ4n) is 12.1. The van der Waals surface area contributed by atoms with Crippen LogP contribution in [-0.2, 0) is 41.6 Å². The molecule has 0 aliphatic carbocycles. The highest BCUT2D eigenvalue weighted by molar-refractivity contribution is 14.0. The number of carboxylic acids is 1. The summed E-state index contributed by atoms with van der Waals surface area (Å²) in [5.74, 6) is 21.3. The molecule has 6 aromatic rings. The van der Waals surface area contributed by atoms with Crippen LogP contribution in [0.25, 0.3) is 43.6 Å². The summed E-state index contributed by atoms with van der Waals surface area (Å²) >= 11 is 0. The van der Waals surface area contributed by atoms with E-state index in [1.165, 1.54) is 0 Å². The van der Waals surface area contributed by atoms with Gasteiger partial charge in [0.05, 0.1) is 48.5 Å². The molecular weight excluding hydrogens is 1370 g/mol. The number of halogens is 1. The number of amides is 1. The number of aliphatic carboxylic acids is 1. The van der Waals surface area contributed by atoms with E-state index in [0.717, 1.165) is 54.3 Å². The van der Waals surface area contributed by atoms with Crippen molar-refractivity contribution in [3.8, 4) is 47.4 Å². The van der Waals surface area contributed by atoms with Crippen LogP contribution in [0.4, 0.5) is 0 Å². The van der Waals surface area contributed by atoms with Crippen molar-refractivity contribution in [1.82, 2.24) is 24.3 Å². The first-order valence-electron chi connectivity index (χ1n) is 30.8. The third-order valence-electron chi connectivity index (χ3n) is 17.7. The minimum absolute atomic E-state index is 0. The Hall–Kier alpha value is -6.49. The summed E-state index contributed by atoms with van der Waals surface area (Å²) in [6.07, 6.45) is -27.4. The normalized spacial score (nSPS) is 31.6. The number of nitrogens with one attached hydrogen (secondary N) is 1. The van der Waals surface area contributed by atoms with Gasteiger partial charge in [-0.2, -0.15) is 0 Å². The van der Waals surface area contributed by atoms with Gasteiger partial charge >= 0.3 is 5.97 Å². The Morgan fingerprint density at radius 1 is 0.427 bits per heavy atom. The number of piperazine rings is 1. The minimum Gasteiger partial charge on any atom is -0.480 e. The number of fused-ring (bicyclic) bond motifs is 6. The summed E-state index contributed by atoms with van der Waals surface area (Å²) in [4.78, 5) is 29.8. The third kappa shape index (κ3) is 16.1. The van der Waals surface area contributed by atoms with Crippen LogP contribution in [-0.4, -0.2) is 312 Å². The van der Waals surface area contributed by atoms with Gasteiger partial charge in [-0.15, -0.1) is 24.0 Å². The maximum atomic E-state index is 13.4. The quantitative estimate of drug-likeness (QED) is 0.0425. The molecule has 29 heteroatoms. The fourth-order valence-corrected chi connectivity index (χ4v) is 12.1. The highest BCUT2D eigenvalue weighted by Gasteiger charge is 2.46. The maximum Gasteiger partial charge on any atom is 0.323 e. The number of benzene rings is 4. The Morgan fingerprint density at radius 2 is 0.708 bits per heavy atom. The van der Waals surface area contributed by atoms with E-state index in [2.05, 4.69) is 69.5 Å². The number of carbonyl (C=O) groups is 2. The average molecular weight is 1450 g/mol. The molecule has 18 N–H and O–H groups in total. The molecule has 5 aliphatic heterocycles. The van der Waals surface area contributed by atoms with E-state index < -0.39 is 161 Å². The van der Waals surface area contributed by atoms with Crippen LogP contribution >= 0.6 is 24.0 Å². The highest BCUT2D eigenvalue weighted by Crippen LogP contribution is 2.34. The first kappa shape index (κ1) is 73.7. The van der Waals surface area contributed by atoms with Crippen LogP contribution in [0.1, 0.15) is 22.3 Å². The second-order valence-electron chi connectivity index (χ2n) is 24.1. The van der Waals surface area contributed by atoms with E-state index in [1.807, 2.05) is 16.7 Å². The topological polar surface area (TPSA) is 443 Å². The van der Waals surface area contributed by atoms with Gasteiger partial charge in [0, 0.05) is 83.1 Å². The first-order chi connectivity index (χ1) is 45.5. The summed E-state index contributed by atoms with van der Waals surface area (Å²) in [5.41, 5.74) is 4.38. The van der Waals surface area contributed by atoms with Crippen LogP contribution in [0.2, 0.25) is 0 Å². The van der Waals surface area contributed by atoms with Gasteiger partial charge in [-0.05, 0) is 55.6 Å². The van der Waals surface area contributed by atoms with Gasteiger partial charge in [-0.25, -0.2) is 0 Å². The van der Waals surface area contributed by atoms with Crippen molar-refractivity contribution < 1.29 is 115 Å². The third-order valence-corrected chi connectivity index (χ3v) is 17.7. The summed E-state index contributed by atoms with van der Waals surface area (Å²) in [6, 6.07) is 21.1. The lowest BCUT2D eigenvalue weighted by Crippen LogP contribution is -2.58. The van der Waals surface area contributed by atoms with Gasteiger partial charge < -0.3 is 125 Å². The number of likely N-dealkylation sites (N-methyl/N-ethyl adjacent to an activating group) is 1. The molecule has 7 heterocycles. The standard InChI is InChI=1S/C37H46N4O11.C30H31NO12.HI/c1-39-12-14-40(15-13-39)11-10-38-31(44)18-41-25-16-21(4-8-27-32(45)36(49)34(47)29(19-42)51-27)2-6-23(25)24-7-3-22(17-26(24)41)5-9-28-33(46)37(50)35(48)30(20-43)52-28;32-12-22-27(38)29(40)25(36)20(42-22)7-3-14-1-5-16-17-6-2-15(10-19(17)31(11-24(34)35)18(16)9-14)4-8-21-26(37)30(41)28(39)23(13-33)43-21;/h2-3,6-7,16-17,27-30,32-37,42-43,45-50H,10-15,18-20H2,1H3,(H,38,44);1-2,5-6,9-10,20-23,25-30,32-33,36-41H,11-13H2,(H,34,35);1H/t27-,28-,29-,30-,32-,33-,34-,35-,36-,37-;20-,21-,22-,23-,25-,26-,27-,28-,29-,30-;/m11./s1. The van der Waals surface area contributed by atoms with Crippen LogP contribution in [0.3, 0.4) is 0 Å². The Labute approximate surface area is 566 Å². The van der Waals surface area contributed by atoms with Gasteiger partial charge in [0.25, 0.3) is 0 Å². The van der Waals surface area contributed by atoms with Crippen LogP contribution in [0, 0.1) is 47.4 Å². The number of carboxylic acid groups (broad SMARTS) is 1. The van der Waals surface area contributed by atoms with Gasteiger partial charge in [0.2, 0.25) is 5.91 Å². The zero-order valence-corrected chi connectivity index (χ0v) is 54.0. The van der Waals surface area contributed by atoms with Crippen molar-refractivity contribution in [3.05, 3.63) is 95.1 Å². The molecule has 0 saturated carbocycles. The number of aromatic nitrogens is 2. The lowest BCUT2D eigenvalue weighted by Gasteiger charge is -2.37. The van der Waals surface area contributed by atoms with E-state index in [0.29, 0.717) is 50.9 Å². The van der Waals surface area contributed by atoms with E-state index in [9.17, 15) is 96.4 Å². The van der Waals surface area contributed by atoms with Gasteiger partial charge in [0.1, 0.15) is 135 Å². The Bertz CT molecular complexity index is 3770. The van der Waals surface area contributed by atoms with E-state index >= 15 is 0 Å². The summed E-state index contributed by atoms with van der Waals surface area (Å²) in [7, 11) is 2.09. The number of hydrogen-bond acceptors (Lipinski definition) is 24. The molecule has 20 atom stereocenters. The number of aliphatic hydroxyl groups is 16. The lowest BCUT2D eigenvalue weighted by molar-refractivity contribution is -0.214. The van der Waals surface area contributed by atoms with Crippen molar-refractivity contribution in [2.45, 2.75) is 135 Å². The minimum atomic E-state index is -1.57. The Morgan fingerprint density at radius 3 is 0.979 bits per heavy atom. The molecule has 0 radical (unpaired) electrons. The van der Waals surface area contributed by atoms with E-state index in [4.69, 9.17) is 18.9 Å². The first-order valence-corrected chi connectivity index (χ1v) is 30.8. The SMILES string of the molecule is CN1CCN(CCNC(=O)Cn2c3cc(C#C[C@H]4O[C@H](CO)[C@@H](O)[C@H](O)[C@@H]4O)ccc3c3ccc(C#C[C@H]4O[C@H](CO)[C@@H](O)[C@H](O)[C@@H]4O)cc32)CC1.I.O=C(O)Cn1c2cc(C#C[C@H]3O[C@H](CO)[C@@H](O)[C@H](O)[C@@H]3O)ccc2c2ccc(C#C[C@H]3O[C@H](CO)[C@@H](O)[C@H](O)[C@@H]3O)cc21. The smallest absolute Gasteiger partial charge is 0.323 e. The molecule has 96 heavy (non-hydrogen) atoms. The predicted molar refractivity (Wildman–Crippen MR) is 351 cm³/mol. The molecule has 2 aromatic heterocycles. The van der Waals surface area contributed by atoms with E-state index in [1.54, 1.807) is 65.2 Å². The highest BCUT2D eigenvalue weighted by atomic mass is 127. The van der Waals surface area contributed by atoms with Crippen LogP contribution in [0.15, 0.2) is 72.8 Å². The molecule has 1 amide bonds. The molecule has 516 valence electrons. The van der Waals surface area contributed by atoms with Crippen molar-refractivity contribution in [2.24, 2.45) is 0 Å². The van der Waals surface area contributed by atoms with Crippen LogP contribution < -0.4 is 5.32 Å². The fraction of sp³-hybridized carbons (Fsp3) is 0.493. The molecule has 28 nitrogen and oxygen atoms in total.